The number of amides is 3. The molecule has 1 saturated heterocycles. The molecule has 0 aromatic heterocycles. The molecule has 2 rings (SSSR count). The summed E-state index contributed by atoms with van der Waals surface area (Å²) in [5.41, 5.74) is 6.33. The lowest BCUT2D eigenvalue weighted by Gasteiger charge is -2.22. The van der Waals surface area contributed by atoms with Crippen LogP contribution in [0.5, 0.6) is 0 Å². The molecule has 4 N–H and O–H groups in total. The largest absolute Gasteiger partial charge is 0.398 e. The Morgan fingerprint density at radius 3 is 2.65 bits per heavy atom. The molecule has 1 aliphatic heterocycles. The minimum absolute atomic E-state index is 0.300. The maximum atomic E-state index is 11.9. The molecule has 108 valence electrons. The summed E-state index contributed by atoms with van der Waals surface area (Å²) >= 11 is 0. The standard InChI is InChI=1S/C14H19N3O3/c15-12-4-2-1-3-11(12)13(18)17-14(19)16-9-10-5-7-20-8-6-10/h1-4,10H,5-9,15H2,(H2,16,17,18,19). The fourth-order valence-corrected chi connectivity index (χ4v) is 2.11. The van der Waals surface area contributed by atoms with Crippen LogP contribution in [0.25, 0.3) is 0 Å². The van der Waals surface area contributed by atoms with Gasteiger partial charge in [0.25, 0.3) is 5.91 Å². The molecule has 3 amide bonds. The van der Waals surface area contributed by atoms with Gasteiger partial charge in [0.2, 0.25) is 0 Å². The number of rotatable bonds is 3. The molecular weight excluding hydrogens is 258 g/mol. The van der Waals surface area contributed by atoms with E-state index in [2.05, 4.69) is 10.6 Å². The zero-order valence-electron chi connectivity index (χ0n) is 11.2. The van der Waals surface area contributed by atoms with Gasteiger partial charge in [0.1, 0.15) is 0 Å². The van der Waals surface area contributed by atoms with Crippen LogP contribution in [0.3, 0.4) is 0 Å². The number of carbonyl (C=O) groups excluding carboxylic acids is 2. The molecule has 0 unspecified atom stereocenters. The van der Waals surface area contributed by atoms with Gasteiger partial charge in [-0.2, -0.15) is 0 Å². The number of nitrogens with one attached hydrogen (secondary N) is 2. The second kappa shape index (κ2) is 6.91. The SMILES string of the molecule is Nc1ccccc1C(=O)NC(=O)NCC1CCOCC1. The minimum Gasteiger partial charge on any atom is -0.398 e. The number of nitrogen functional groups attached to an aromatic ring is 1. The van der Waals surface area contributed by atoms with Crippen molar-refractivity contribution in [2.24, 2.45) is 5.92 Å². The molecule has 0 radical (unpaired) electrons. The molecule has 6 nitrogen and oxygen atoms in total. The molecular formula is C14H19N3O3. The van der Waals surface area contributed by atoms with Crippen LogP contribution in [0.15, 0.2) is 24.3 Å². The van der Waals surface area contributed by atoms with E-state index in [4.69, 9.17) is 10.5 Å². The smallest absolute Gasteiger partial charge is 0.321 e. The molecule has 1 aliphatic rings. The van der Waals surface area contributed by atoms with Crippen molar-refractivity contribution in [1.29, 1.82) is 0 Å². The van der Waals surface area contributed by atoms with Gasteiger partial charge in [-0.1, -0.05) is 12.1 Å². The second-order valence-electron chi connectivity index (χ2n) is 4.81. The van der Waals surface area contributed by atoms with E-state index in [9.17, 15) is 9.59 Å². The average molecular weight is 277 g/mol. The van der Waals surface area contributed by atoms with Gasteiger partial charge >= 0.3 is 6.03 Å². The Balaban J connectivity index is 1.79. The van der Waals surface area contributed by atoms with Crippen molar-refractivity contribution in [3.8, 4) is 0 Å². The van der Waals surface area contributed by atoms with E-state index in [-0.39, 0.29) is 0 Å². The summed E-state index contributed by atoms with van der Waals surface area (Å²) in [6.45, 7) is 2.01. The first-order valence-corrected chi connectivity index (χ1v) is 6.68. The number of urea groups is 1. The number of benzene rings is 1. The normalized spacial score (nSPS) is 15.6. The molecule has 1 aromatic rings. The van der Waals surface area contributed by atoms with Gasteiger partial charge in [-0.15, -0.1) is 0 Å². The van der Waals surface area contributed by atoms with Crippen LogP contribution >= 0.6 is 0 Å². The molecule has 0 bridgehead atoms. The van der Waals surface area contributed by atoms with Crippen molar-refractivity contribution < 1.29 is 14.3 Å². The van der Waals surface area contributed by atoms with Crippen LogP contribution in [0, 0.1) is 5.92 Å². The summed E-state index contributed by atoms with van der Waals surface area (Å²) in [5, 5.41) is 4.98. The Hall–Kier alpha value is -2.08. The third-order valence-corrected chi connectivity index (χ3v) is 3.32. The monoisotopic (exact) mass is 277 g/mol. The molecule has 1 aromatic carbocycles. The minimum atomic E-state index is -0.496. The predicted molar refractivity (Wildman–Crippen MR) is 75.3 cm³/mol. The van der Waals surface area contributed by atoms with Crippen molar-refractivity contribution in [1.82, 2.24) is 10.6 Å². The van der Waals surface area contributed by atoms with Crippen molar-refractivity contribution in [2.75, 3.05) is 25.5 Å². The summed E-state index contributed by atoms with van der Waals surface area (Å²) in [4.78, 5) is 23.5. The summed E-state index contributed by atoms with van der Waals surface area (Å²) < 4.78 is 5.25. The Labute approximate surface area is 117 Å². The summed E-state index contributed by atoms with van der Waals surface area (Å²) in [6, 6.07) is 6.14. The third-order valence-electron chi connectivity index (χ3n) is 3.32. The number of anilines is 1. The van der Waals surface area contributed by atoms with E-state index in [0.29, 0.717) is 23.7 Å². The van der Waals surface area contributed by atoms with Gasteiger partial charge in [-0.3, -0.25) is 10.1 Å². The number of ether oxygens (including phenoxy) is 1. The highest BCUT2D eigenvalue weighted by molar-refractivity contribution is 6.07. The van der Waals surface area contributed by atoms with E-state index in [1.54, 1.807) is 24.3 Å². The zero-order valence-corrected chi connectivity index (χ0v) is 11.2. The highest BCUT2D eigenvalue weighted by Crippen LogP contribution is 2.13. The van der Waals surface area contributed by atoms with Crippen LogP contribution in [0.1, 0.15) is 23.2 Å². The lowest BCUT2D eigenvalue weighted by molar-refractivity contribution is 0.0668. The maximum Gasteiger partial charge on any atom is 0.321 e. The lowest BCUT2D eigenvalue weighted by Crippen LogP contribution is -2.42. The van der Waals surface area contributed by atoms with E-state index >= 15 is 0 Å². The van der Waals surface area contributed by atoms with Crippen LogP contribution in [-0.4, -0.2) is 31.7 Å². The van der Waals surface area contributed by atoms with Gasteiger partial charge < -0.3 is 15.8 Å². The Morgan fingerprint density at radius 1 is 1.25 bits per heavy atom. The summed E-state index contributed by atoms with van der Waals surface area (Å²) in [7, 11) is 0. The Bertz CT molecular complexity index is 484. The molecule has 20 heavy (non-hydrogen) atoms. The first-order chi connectivity index (χ1) is 9.66. The molecule has 0 saturated carbocycles. The lowest BCUT2D eigenvalue weighted by atomic mass is 10.0. The number of para-hydroxylation sites is 1. The van der Waals surface area contributed by atoms with Gasteiger partial charge in [0.05, 0.1) is 5.56 Å². The van der Waals surface area contributed by atoms with Gasteiger partial charge in [-0.25, -0.2) is 4.79 Å². The van der Waals surface area contributed by atoms with Gasteiger partial charge in [-0.05, 0) is 30.9 Å². The van der Waals surface area contributed by atoms with E-state index in [0.717, 1.165) is 26.1 Å². The van der Waals surface area contributed by atoms with Crippen molar-refractivity contribution in [3.05, 3.63) is 29.8 Å². The molecule has 1 fully saturated rings. The highest BCUT2D eigenvalue weighted by Gasteiger charge is 2.16. The zero-order chi connectivity index (χ0) is 14.4. The summed E-state index contributed by atoms with van der Waals surface area (Å²) in [6.07, 6.45) is 1.86. The first-order valence-electron chi connectivity index (χ1n) is 6.68. The average Bonchev–Trinajstić information content (AvgIpc) is 2.46. The highest BCUT2D eigenvalue weighted by atomic mass is 16.5. The van der Waals surface area contributed by atoms with E-state index in [1.165, 1.54) is 0 Å². The summed E-state index contributed by atoms with van der Waals surface area (Å²) in [5.74, 6) is -0.0843. The van der Waals surface area contributed by atoms with Gasteiger partial charge in [0.15, 0.2) is 0 Å². The quantitative estimate of drug-likeness (QED) is 0.722. The van der Waals surface area contributed by atoms with Gasteiger partial charge in [0, 0.05) is 25.4 Å². The van der Waals surface area contributed by atoms with E-state index < -0.39 is 11.9 Å². The maximum absolute atomic E-state index is 11.9. The Kier molecular flexibility index (Phi) is 4.95. The molecule has 0 atom stereocenters. The Morgan fingerprint density at radius 2 is 1.95 bits per heavy atom. The second-order valence-corrected chi connectivity index (χ2v) is 4.81. The number of hydrogen-bond acceptors (Lipinski definition) is 4. The number of carbonyl (C=O) groups is 2. The third kappa shape index (κ3) is 3.96. The van der Waals surface area contributed by atoms with Crippen LogP contribution < -0.4 is 16.4 Å². The van der Waals surface area contributed by atoms with Crippen molar-refractivity contribution >= 4 is 17.6 Å². The predicted octanol–water partition coefficient (Wildman–Crippen LogP) is 1.13. The number of nitrogens with two attached hydrogens (primary N) is 1. The topological polar surface area (TPSA) is 93.5 Å². The fourth-order valence-electron chi connectivity index (χ4n) is 2.11. The number of imide groups is 1. The molecule has 0 aliphatic carbocycles. The van der Waals surface area contributed by atoms with Crippen LogP contribution in [0.4, 0.5) is 10.5 Å². The molecule has 0 spiro atoms. The molecule has 1 heterocycles. The van der Waals surface area contributed by atoms with Crippen molar-refractivity contribution in [3.63, 3.8) is 0 Å². The van der Waals surface area contributed by atoms with Crippen LogP contribution in [-0.2, 0) is 4.74 Å². The fraction of sp³-hybridized carbons (Fsp3) is 0.429. The first kappa shape index (κ1) is 14.3. The molecule has 6 heteroatoms. The van der Waals surface area contributed by atoms with Crippen LogP contribution in [0.2, 0.25) is 0 Å². The van der Waals surface area contributed by atoms with Crippen molar-refractivity contribution in [2.45, 2.75) is 12.8 Å². The van der Waals surface area contributed by atoms with E-state index in [1.807, 2.05) is 0 Å². The number of hydrogen-bond donors (Lipinski definition) is 3.